The number of benzene rings is 1. The number of aromatic nitrogens is 3. The highest BCUT2D eigenvalue weighted by atomic mass is 35.5. The maximum Gasteiger partial charge on any atom is 0.231 e. The second-order valence-corrected chi connectivity index (χ2v) is 9.91. The Morgan fingerprint density at radius 2 is 1.88 bits per heavy atom. The van der Waals surface area contributed by atoms with Crippen LogP contribution in [0.3, 0.4) is 0 Å². The fourth-order valence-corrected chi connectivity index (χ4v) is 5.54. The van der Waals surface area contributed by atoms with Gasteiger partial charge in [0.25, 0.3) is 0 Å². The van der Waals surface area contributed by atoms with Gasteiger partial charge in [-0.25, -0.2) is 9.97 Å². The van der Waals surface area contributed by atoms with Gasteiger partial charge in [0.15, 0.2) is 0 Å². The van der Waals surface area contributed by atoms with Crippen LogP contribution in [0.5, 0.6) is 0 Å². The number of piperazine rings is 1. The molecule has 1 aromatic carbocycles. The summed E-state index contributed by atoms with van der Waals surface area (Å²) < 4.78 is 0. The van der Waals surface area contributed by atoms with E-state index in [-0.39, 0.29) is 17.9 Å². The van der Waals surface area contributed by atoms with Crippen LogP contribution in [0.1, 0.15) is 30.7 Å². The van der Waals surface area contributed by atoms with Crippen molar-refractivity contribution in [3.8, 4) is 0 Å². The Morgan fingerprint density at radius 1 is 1.09 bits per heavy atom. The van der Waals surface area contributed by atoms with Gasteiger partial charge in [-0.1, -0.05) is 23.7 Å². The van der Waals surface area contributed by atoms with Crippen molar-refractivity contribution in [2.45, 2.75) is 31.2 Å². The first-order chi connectivity index (χ1) is 15.6. The van der Waals surface area contributed by atoms with Crippen LogP contribution in [-0.4, -0.2) is 64.5 Å². The second-order valence-electron chi connectivity index (χ2n) is 9.47. The highest BCUT2D eigenvalue weighted by Crippen LogP contribution is 2.53. The van der Waals surface area contributed by atoms with Crippen LogP contribution in [0, 0.1) is 5.41 Å². The van der Waals surface area contributed by atoms with Gasteiger partial charge in [0, 0.05) is 50.0 Å². The number of anilines is 1. The second kappa shape index (κ2) is 7.74. The Bertz CT molecular complexity index is 1130. The summed E-state index contributed by atoms with van der Waals surface area (Å²) in [5.41, 5.74) is 2.34. The molecule has 0 radical (unpaired) electrons. The van der Waals surface area contributed by atoms with Crippen molar-refractivity contribution < 1.29 is 4.79 Å². The average Bonchev–Trinajstić information content (AvgIpc) is 3.20. The molecule has 32 heavy (non-hydrogen) atoms. The van der Waals surface area contributed by atoms with Crippen molar-refractivity contribution in [2.75, 3.05) is 37.6 Å². The van der Waals surface area contributed by atoms with E-state index in [1.54, 1.807) is 6.33 Å². The Balaban J connectivity index is 1.21. The van der Waals surface area contributed by atoms with Gasteiger partial charge in [-0.3, -0.25) is 4.79 Å². The Kier molecular flexibility index (Phi) is 4.84. The molecule has 2 aliphatic heterocycles. The quantitative estimate of drug-likeness (QED) is 0.638. The number of halogens is 1. The first kappa shape index (κ1) is 20.0. The molecule has 2 N–H and O–H groups in total. The van der Waals surface area contributed by atoms with Crippen LogP contribution in [0.2, 0.25) is 5.02 Å². The predicted octanol–water partition coefficient (Wildman–Crippen LogP) is 3.19. The van der Waals surface area contributed by atoms with Crippen LogP contribution in [0.4, 0.5) is 5.82 Å². The number of carbonyl (C=O) groups is 1. The number of fused-ring (bicyclic) bond motifs is 1. The third kappa shape index (κ3) is 3.53. The first-order valence-corrected chi connectivity index (χ1v) is 11.8. The Morgan fingerprint density at radius 3 is 2.59 bits per heavy atom. The van der Waals surface area contributed by atoms with Crippen molar-refractivity contribution in [2.24, 2.45) is 5.41 Å². The minimum absolute atomic E-state index is 0.172. The molecule has 1 aliphatic carbocycles. The summed E-state index contributed by atoms with van der Waals surface area (Å²) in [5.74, 6) is 0.983. The summed E-state index contributed by atoms with van der Waals surface area (Å²) in [5, 5.41) is 5.41. The Labute approximate surface area is 192 Å². The van der Waals surface area contributed by atoms with Crippen LogP contribution in [0.15, 0.2) is 42.9 Å². The molecule has 4 heterocycles. The summed E-state index contributed by atoms with van der Waals surface area (Å²) in [6.07, 6.45) is 7.13. The molecule has 1 saturated carbocycles. The zero-order chi connectivity index (χ0) is 21.7. The van der Waals surface area contributed by atoms with E-state index in [0.717, 1.165) is 48.5 Å². The lowest BCUT2D eigenvalue weighted by Crippen LogP contribution is -2.52. The van der Waals surface area contributed by atoms with E-state index in [1.165, 1.54) is 12.8 Å². The lowest BCUT2D eigenvalue weighted by molar-refractivity contribution is -0.133. The summed E-state index contributed by atoms with van der Waals surface area (Å²) >= 11 is 6.14. The van der Waals surface area contributed by atoms with E-state index in [1.807, 2.05) is 41.4 Å². The highest BCUT2D eigenvalue weighted by Gasteiger charge is 2.51. The van der Waals surface area contributed by atoms with E-state index in [0.29, 0.717) is 23.5 Å². The van der Waals surface area contributed by atoms with Crippen molar-refractivity contribution in [1.82, 2.24) is 25.2 Å². The summed E-state index contributed by atoms with van der Waals surface area (Å²) in [7, 11) is 0. The monoisotopic (exact) mass is 450 g/mol. The van der Waals surface area contributed by atoms with Gasteiger partial charge >= 0.3 is 0 Å². The number of H-pyrrole nitrogens is 1. The molecule has 3 fully saturated rings. The van der Waals surface area contributed by atoms with Gasteiger partial charge in [0.1, 0.15) is 17.8 Å². The molecule has 3 aliphatic rings. The van der Waals surface area contributed by atoms with E-state index >= 15 is 0 Å². The fraction of sp³-hybridized carbons (Fsp3) is 0.458. The van der Waals surface area contributed by atoms with E-state index in [4.69, 9.17) is 11.6 Å². The fourth-order valence-electron chi connectivity index (χ4n) is 5.41. The van der Waals surface area contributed by atoms with Gasteiger partial charge in [-0.2, -0.15) is 0 Å². The maximum atomic E-state index is 13.8. The molecule has 6 rings (SSSR count). The normalized spacial score (nSPS) is 23.1. The first-order valence-electron chi connectivity index (χ1n) is 11.4. The van der Waals surface area contributed by atoms with Crippen LogP contribution in [0.25, 0.3) is 11.0 Å². The van der Waals surface area contributed by atoms with Crippen molar-refractivity contribution in [1.29, 1.82) is 0 Å². The topological polar surface area (TPSA) is 77.2 Å². The molecule has 2 saturated heterocycles. The zero-order valence-corrected chi connectivity index (χ0v) is 18.7. The molecule has 2 aromatic heterocycles. The Hall–Kier alpha value is -2.64. The average molecular weight is 451 g/mol. The molecule has 166 valence electrons. The molecule has 2 atom stereocenters. The van der Waals surface area contributed by atoms with Gasteiger partial charge in [0.05, 0.1) is 11.3 Å². The number of nitrogens with zero attached hydrogens (tertiary/aromatic N) is 4. The number of hydrogen-bond donors (Lipinski definition) is 2. The minimum atomic E-state index is -0.172. The summed E-state index contributed by atoms with van der Waals surface area (Å²) in [6.45, 7) is 3.94. The van der Waals surface area contributed by atoms with Crippen LogP contribution < -0.4 is 10.2 Å². The van der Waals surface area contributed by atoms with E-state index in [9.17, 15) is 4.79 Å². The number of amides is 1. The predicted molar refractivity (Wildman–Crippen MR) is 125 cm³/mol. The molecule has 0 bridgehead atoms. The number of aromatic amines is 1. The molecular formula is C24H27ClN6O. The molecule has 3 aromatic rings. The highest BCUT2D eigenvalue weighted by molar-refractivity contribution is 6.30. The van der Waals surface area contributed by atoms with Gasteiger partial charge < -0.3 is 20.1 Å². The van der Waals surface area contributed by atoms with Crippen molar-refractivity contribution >= 4 is 34.4 Å². The standard InChI is InChI=1S/C24H27ClN6O/c25-17-3-1-16(2-4-17)20(19-13-24(6-7-24)14-27-19)23(32)31-11-9-30(10-12-31)22-18-5-8-26-21(18)28-15-29-22/h1-5,8,15,19-20,27H,6-7,9-14H2,(H,26,28,29)/t19-,20-/m0/s1. The third-order valence-electron chi connectivity index (χ3n) is 7.47. The summed E-state index contributed by atoms with van der Waals surface area (Å²) in [4.78, 5) is 30.1. The largest absolute Gasteiger partial charge is 0.352 e. The van der Waals surface area contributed by atoms with Crippen LogP contribution in [-0.2, 0) is 4.79 Å². The molecule has 1 amide bonds. The summed E-state index contributed by atoms with van der Waals surface area (Å²) in [6, 6.07) is 10.0. The molecule has 7 nitrogen and oxygen atoms in total. The van der Waals surface area contributed by atoms with Gasteiger partial charge in [-0.15, -0.1) is 0 Å². The van der Waals surface area contributed by atoms with Crippen LogP contribution >= 0.6 is 11.6 Å². The number of carbonyl (C=O) groups excluding carboxylic acids is 1. The zero-order valence-electron chi connectivity index (χ0n) is 17.9. The smallest absolute Gasteiger partial charge is 0.231 e. The van der Waals surface area contributed by atoms with Crippen molar-refractivity contribution in [3.05, 3.63) is 53.4 Å². The molecule has 1 spiro atoms. The SMILES string of the molecule is O=C([C@@H](c1ccc(Cl)cc1)[C@@H]1CC2(CC2)CN1)N1CCN(c2ncnc3[nH]ccc23)CC1. The lowest BCUT2D eigenvalue weighted by Gasteiger charge is -2.38. The van der Waals surface area contributed by atoms with E-state index in [2.05, 4.69) is 25.2 Å². The van der Waals surface area contributed by atoms with Gasteiger partial charge in [-0.05, 0) is 48.4 Å². The molecular weight excluding hydrogens is 424 g/mol. The lowest BCUT2D eigenvalue weighted by atomic mass is 9.86. The molecule has 8 heteroatoms. The van der Waals surface area contributed by atoms with E-state index < -0.39 is 0 Å². The van der Waals surface area contributed by atoms with Crippen molar-refractivity contribution in [3.63, 3.8) is 0 Å². The maximum absolute atomic E-state index is 13.8. The molecule has 0 unspecified atom stereocenters. The van der Waals surface area contributed by atoms with Gasteiger partial charge in [0.2, 0.25) is 5.91 Å². The number of hydrogen-bond acceptors (Lipinski definition) is 5. The third-order valence-corrected chi connectivity index (χ3v) is 7.72. The minimum Gasteiger partial charge on any atom is -0.352 e. The number of nitrogens with one attached hydrogen (secondary N) is 2. The number of rotatable bonds is 4.